The summed E-state index contributed by atoms with van der Waals surface area (Å²) < 4.78 is 5.67. The van der Waals surface area contributed by atoms with E-state index in [4.69, 9.17) is 16.3 Å². The number of fused-ring (bicyclic) bond motifs is 1. The van der Waals surface area contributed by atoms with Crippen LogP contribution in [-0.4, -0.2) is 22.7 Å². The summed E-state index contributed by atoms with van der Waals surface area (Å²) in [6.45, 7) is 0.400. The number of hydrogen-bond donors (Lipinski definition) is 1. The maximum absolute atomic E-state index is 11.2. The molecule has 1 heterocycles. The molecule has 1 aliphatic carbocycles. The molecule has 0 aliphatic heterocycles. The molecule has 106 valence electrons. The molecule has 0 bridgehead atoms. The van der Waals surface area contributed by atoms with Gasteiger partial charge in [0.25, 0.3) is 0 Å². The number of carbonyl (C=O) groups is 1. The van der Waals surface area contributed by atoms with Crippen molar-refractivity contribution < 1.29 is 14.6 Å². The number of aromatic carboxylic acids is 1. The van der Waals surface area contributed by atoms with E-state index < -0.39 is 5.97 Å². The van der Waals surface area contributed by atoms with Crippen LogP contribution < -0.4 is 4.74 Å². The summed E-state index contributed by atoms with van der Waals surface area (Å²) in [4.78, 5) is 15.4. The number of hydrogen-bond acceptors (Lipinski definition) is 3. The molecule has 1 aliphatic rings. The molecule has 0 unspecified atom stereocenters. The third-order valence-corrected chi connectivity index (χ3v) is 3.55. The van der Waals surface area contributed by atoms with Crippen molar-refractivity contribution in [3.63, 3.8) is 0 Å². The van der Waals surface area contributed by atoms with E-state index in [-0.39, 0.29) is 0 Å². The zero-order valence-corrected chi connectivity index (χ0v) is 11.8. The molecule has 21 heavy (non-hydrogen) atoms. The van der Waals surface area contributed by atoms with Crippen molar-refractivity contribution in [2.24, 2.45) is 0 Å². The van der Waals surface area contributed by atoms with Crippen molar-refractivity contribution in [2.45, 2.75) is 6.42 Å². The average molecular weight is 302 g/mol. The fourth-order valence-electron chi connectivity index (χ4n) is 2.29. The van der Waals surface area contributed by atoms with E-state index in [0.717, 1.165) is 16.9 Å². The molecule has 0 radical (unpaired) electrons. The largest absolute Gasteiger partial charge is 0.489 e. The van der Waals surface area contributed by atoms with Gasteiger partial charge in [-0.25, -0.2) is 4.79 Å². The Balaban J connectivity index is 1.71. The first-order valence-electron chi connectivity index (χ1n) is 6.42. The summed E-state index contributed by atoms with van der Waals surface area (Å²) in [7, 11) is 0. The fourth-order valence-corrected chi connectivity index (χ4v) is 2.42. The Kier molecular flexibility index (Phi) is 3.62. The monoisotopic (exact) mass is 301 g/mol. The van der Waals surface area contributed by atoms with E-state index >= 15 is 0 Å². The summed E-state index contributed by atoms with van der Waals surface area (Å²) in [5, 5.41) is 9.83. The van der Waals surface area contributed by atoms with Gasteiger partial charge in [0, 0.05) is 17.6 Å². The second-order valence-electron chi connectivity index (χ2n) is 4.75. The van der Waals surface area contributed by atoms with Crippen molar-refractivity contribution in [2.75, 3.05) is 6.61 Å². The number of carboxylic acids is 1. The highest BCUT2D eigenvalue weighted by atomic mass is 35.5. The quantitative estimate of drug-likeness (QED) is 0.939. The van der Waals surface area contributed by atoms with Crippen molar-refractivity contribution in [3.8, 4) is 5.75 Å². The van der Waals surface area contributed by atoms with Crippen LogP contribution in [0.15, 0.2) is 42.1 Å². The number of carboxylic acid groups (broad SMARTS) is 1. The van der Waals surface area contributed by atoms with E-state index in [2.05, 4.69) is 4.98 Å². The van der Waals surface area contributed by atoms with Crippen LogP contribution in [0.1, 0.15) is 21.6 Å². The number of halogens is 1. The summed E-state index contributed by atoms with van der Waals surface area (Å²) >= 11 is 5.82. The molecule has 0 fully saturated rings. The number of aromatic nitrogens is 1. The first-order chi connectivity index (χ1) is 10.1. The van der Waals surface area contributed by atoms with Crippen LogP contribution in [0.5, 0.6) is 5.75 Å². The van der Waals surface area contributed by atoms with Crippen LogP contribution in [0.4, 0.5) is 0 Å². The topological polar surface area (TPSA) is 59.4 Å². The van der Waals surface area contributed by atoms with E-state index in [1.54, 1.807) is 24.3 Å². The molecular formula is C16H12ClNO3. The van der Waals surface area contributed by atoms with Crippen molar-refractivity contribution in [3.05, 3.63) is 63.9 Å². The van der Waals surface area contributed by atoms with Gasteiger partial charge in [-0.2, -0.15) is 0 Å². The van der Waals surface area contributed by atoms with Gasteiger partial charge in [-0.15, -0.1) is 0 Å². The molecular weight excluding hydrogens is 290 g/mol. The molecule has 0 amide bonds. The van der Waals surface area contributed by atoms with Gasteiger partial charge >= 0.3 is 5.97 Å². The molecule has 0 atom stereocenters. The maximum atomic E-state index is 11.2. The fraction of sp³-hybridized carbons (Fsp3) is 0.125. The summed E-state index contributed by atoms with van der Waals surface area (Å²) in [6, 6.07) is 8.65. The predicted molar refractivity (Wildman–Crippen MR) is 79.8 cm³/mol. The zero-order chi connectivity index (χ0) is 14.8. The van der Waals surface area contributed by atoms with Crippen LogP contribution in [0.3, 0.4) is 0 Å². The first kappa shape index (κ1) is 13.6. The second-order valence-corrected chi connectivity index (χ2v) is 5.19. The van der Waals surface area contributed by atoms with Crippen LogP contribution in [-0.2, 0) is 6.42 Å². The SMILES string of the molecule is O=C(O)c1ccnc2c1CC(COc1ccc(Cl)cc1)=C2. The number of benzene rings is 1. The third-order valence-electron chi connectivity index (χ3n) is 3.30. The third kappa shape index (κ3) is 2.90. The molecule has 4 nitrogen and oxygen atoms in total. The molecule has 1 N–H and O–H groups in total. The highest BCUT2D eigenvalue weighted by Gasteiger charge is 2.20. The molecule has 5 heteroatoms. The van der Waals surface area contributed by atoms with Gasteiger partial charge in [-0.05, 0) is 47.5 Å². The lowest BCUT2D eigenvalue weighted by Gasteiger charge is -2.07. The lowest BCUT2D eigenvalue weighted by atomic mass is 10.1. The van der Waals surface area contributed by atoms with E-state index in [9.17, 15) is 9.90 Å². The highest BCUT2D eigenvalue weighted by Crippen LogP contribution is 2.27. The van der Waals surface area contributed by atoms with Gasteiger partial charge < -0.3 is 9.84 Å². The molecule has 1 aromatic heterocycles. The lowest BCUT2D eigenvalue weighted by Crippen LogP contribution is -2.05. The minimum Gasteiger partial charge on any atom is -0.489 e. The Morgan fingerprint density at radius 3 is 2.76 bits per heavy atom. The predicted octanol–water partition coefficient (Wildman–Crippen LogP) is 3.45. The van der Waals surface area contributed by atoms with Crippen molar-refractivity contribution in [1.29, 1.82) is 0 Å². The van der Waals surface area contributed by atoms with Gasteiger partial charge in [0.2, 0.25) is 0 Å². The van der Waals surface area contributed by atoms with Crippen LogP contribution in [0.2, 0.25) is 5.02 Å². The first-order valence-corrected chi connectivity index (χ1v) is 6.80. The highest BCUT2D eigenvalue weighted by molar-refractivity contribution is 6.30. The maximum Gasteiger partial charge on any atom is 0.336 e. The van der Waals surface area contributed by atoms with E-state index in [1.165, 1.54) is 12.3 Å². The number of pyridine rings is 1. The minimum atomic E-state index is -0.929. The van der Waals surface area contributed by atoms with Crippen LogP contribution in [0, 0.1) is 0 Å². The van der Waals surface area contributed by atoms with Gasteiger partial charge in [-0.1, -0.05) is 11.6 Å². The standard InChI is InChI=1S/C16H12ClNO3/c17-11-1-3-12(4-2-11)21-9-10-7-14-13(16(19)20)5-6-18-15(14)8-10/h1-6,8H,7,9H2,(H,19,20). The number of ether oxygens (including phenoxy) is 1. The Morgan fingerprint density at radius 2 is 2.05 bits per heavy atom. The summed E-state index contributed by atoms with van der Waals surface area (Å²) in [5.74, 6) is -0.204. The molecule has 2 aromatic rings. The Bertz CT molecular complexity index is 723. The molecule has 1 aromatic carbocycles. The van der Waals surface area contributed by atoms with Crippen molar-refractivity contribution >= 4 is 23.6 Å². The molecule has 0 saturated carbocycles. The van der Waals surface area contributed by atoms with Crippen LogP contribution >= 0.6 is 11.6 Å². The second kappa shape index (κ2) is 5.58. The minimum absolute atomic E-state index is 0.303. The number of rotatable bonds is 4. The summed E-state index contributed by atoms with van der Waals surface area (Å²) in [5.41, 5.74) is 2.77. The van der Waals surface area contributed by atoms with Gasteiger partial charge in [0.05, 0.1) is 11.3 Å². The Morgan fingerprint density at radius 1 is 1.29 bits per heavy atom. The lowest BCUT2D eigenvalue weighted by molar-refractivity contribution is 0.0695. The smallest absolute Gasteiger partial charge is 0.336 e. The van der Waals surface area contributed by atoms with Gasteiger partial charge in [-0.3, -0.25) is 4.98 Å². The molecule has 0 spiro atoms. The zero-order valence-electron chi connectivity index (χ0n) is 11.0. The van der Waals surface area contributed by atoms with Gasteiger partial charge in [0.15, 0.2) is 0 Å². The van der Waals surface area contributed by atoms with E-state index in [1.807, 2.05) is 6.08 Å². The Labute approximate surface area is 126 Å². The summed E-state index contributed by atoms with van der Waals surface area (Å²) in [6.07, 6.45) is 3.96. The van der Waals surface area contributed by atoms with Gasteiger partial charge in [0.1, 0.15) is 12.4 Å². The van der Waals surface area contributed by atoms with E-state index in [0.29, 0.717) is 29.3 Å². The normalized spacial score (nSPS) is 12.7. The number of nitrogens with zero attached hydrogens (tertiary/aromatic N) is 1. The Hall–Kier alpha value is -2.33. The average Bonchev–Trinajstić information content (AvgIpc) is 2.89. The molecule has 3 rings (SSSR count). The van der Waals surface area contributed by atoms with Crippen molar-refractivity contribution in [1.82, 2.24) is 4.98 Å². The van der Waals surface area contributed by atoms with Crippen LogP contribution in [0.25, 0.3) is 6.08 Å². The molecule has 0 saturated heterocycles.